The maximum absolute atomic E-state index is 6.10. The fourth-order valence-electron chi connectivity index (χ4n) is 1.48. The Morgan fingerprint density at radius 2 is 2.12 bits per heavy atom. The van der Waals surface area contributed by atoms with Gasteiger partial charge in [0, 0.05) is 18.2 Å². The Morgan fingerprint density at radius 1 is 1.44 bits per heavy atom. The molecule has 0 bridgehead atoms. The van der Waals surface area contributed by atoms with E-state index in [4.69, 9.17) is 22.1 Å². The van der Waals surface area contributed by atoms with Crippen LogP contribution in [0.5, 0.6) is 5.75 Å². The van der Waals surface area contributed by atoms with E-state index in [9.17, 15) is 0 Å². The summed E-state index contributed by atoms with van der Waals surface area (Å²) in [6, 6.07) is 3.94. The van der Waals surface area contributed by atoms with E-state index in [2.05, 4.69) is 0 Å². The molecule has 0 amide bonds. The van der Waals surface area contributed by atoms with E-state index < -0.39 is 0 Å². The third kappa shape index (κ3) is 3.37. The first-order chi connectivity index (χ1) is 7.58. The lowest BCUT2D eigenvalue weighted by atomic mass is 10.1. The molecule has 2 N–H and O–H groups in total. The van der Waals surface area contributed by atoms with Crippen LogP contribution in [0.1, 0.15) is 11.1 Å². The molecule has 90 valence electrons. The Bertz CT molecular complexity index is 355. The van der Waals surface area contributed by atoms with Crippen LogP contribution in [0.15, 0.2) is 12.1 Å². The second-order valence-corrected chi connectivity index (χ2v) is 4.33. The van der Waals surface area contributed by atoms with Crippen molar-refractivity contribution in [2.45, 2.75) is 13.3 Å². The number of ether oxygens (including phenoxy) is 1. The average Bonchev–Trinajstić information content (AvgIpc) is 2.29. The predicted octanol–water partition coefficient (Wildman–Crippen LogP) is 2.05. The van der Waals surface area contributed by atoms with E-state index >= 15 is 0 Å². The van der Waals surface area contributed by atoms with Crippen molar-refractivity contribution in [3.05, 3.63) is 28.3 Å². The number of benzene rings is 1. The summed E-state index contributed by atoms with van der Waals surface area (Å²) >= 11 is 6.10. The third-order valence-electron chi connectivity index (χ3n) is 2.64. The first kappa shape index (κ1) is 13.3. The van der Waals surface area contributed by atoms with Gasteiger partial charge in [0.25, 0.3) is 0 Å². The number of aryl methyl sites for hydroxylation is 1. The number of likely N-dealkylation sites (N-methyl/N-ethyl adjacent to an activating group) is 1. The lowest BCUT2D eigenvalue weighted by molar-refractivity contribution is 0.345. The van der Waals surface area contributed by atoms with Crippen LogP contribution in [-0.2, 0) is 6.42 Å². The maximum atomic E-state index is 6.10. The zero-order chi connectivity index (χ0) is 12.1. The number of halogens is 1. The Labute approximate surface area is 102 Å². The standard InChI is InChI=1S/C12H19ClN2O/c1-9-6-12(16-3)10(7-11(9)13)4-5-15(2)8-14/h6-7H,4-5,8,14H2,1-3H3. The highest BCUT2D eigenvalue weighted by molar-refractivity contribution is 6.31. The van der Waals surface area contributed by atoms with E-state index in [0.717, 1.165) is 34.9 Å². The molecule has 0 fully saturated rings. The van der Waals surface area contributed by atoms with Gasteiger partial charge in [-0.1, -0.05) is 11.6 Å². The van der Waals surface area contributed by atoms with Crippen molar-refractivity contribution in [1.29, 1.82) is 0 Å². The molecule has 0 radical (unpaired) electrons. The lowest BCUT2D eigenvalue weighted by Gasteiger charge is -2.15. The van der Waals surface area contributed by atoms with Crippen LogP contribution >= 0.6 is 11.6 Å². The van der Waals surface area contributed by atoms with Crippen LogP contribution in [0.25, 0.3) is 0 Å². The first-order valence-electron chi connectivity index (χ1n) is 5.30. The van der Waals surface area contributed by atoms with Gasteiger partial charge < -0.3 is 10.5 Å². The Morgan fingerprint density at radius 3 is 2.69 bits per heavy atom. The quantitative estimate of drug-likeness (QED) is 0.804. The molecule has 0 spiro atoms. The minimum atomic E-state index is 0.557. The summed E-state index contributed by atoms with van der Waals surface area (Å²) < 4.78 is 5.34. The summed E-state index contributed by atoms with van der Waals surface area (Å²) in [6.07, 6.45) is 0.886. The highest BCUT2D eigenvalue weighted by Gasteiger charge is 2.07. The molecule has 3 nitrogen and oxygen atoms in total. The van der Waals surface area contributed by atoms with Crippen LogP contribution in [0.4, 0.5) is 0 Å². The second-order valence-electron chi connectivity index (χ2n) is 3.93. The van der Waals surface area contributed by atoms with Gasteiger partial charge in [0.1, 0.15) is 5.75 Å². The summed E-state index contributed by atoms with van der Waals surface area (Å²) in [7, 11) is 3.67. The molecular formula is C12H19ClN2O. The SMILES string of the molecule is COc1cc(C)c(Cl)cc1CCN(C)CN. The van der Waals surface area contributed by atoms with E-state index in [-0.39, 0.29) is 0 Å². The number of hydrogen-bond donors (Lipinski definition) is 1. The Hall–Kier alpha value is -0.770. The van der Waals surface area contributed by atoms with E-state index in [1.807, 2.05) is 31.0 Å². The number of nitrogens with two attached hydrogens (primary N) is 1. The van der Waals surface area contributed by atoms with Gasteiger partial charge in [-0.05, 0) is 43.7 Å². The van der Waals surface area contributed by atoms with Gasteiger partial charge >= 0.3 is 0 Å². The second kappa shape index (κ2) is 6.09. The lowest BCUT2D eigenvalue weighted by Crippen LogP contribution is -2.27. The van der Waals surface area contributed by atoms with Gasteiger partial charge in [0.05, 0.1) is 7.11 Å². The van der Waals surface area contributed by atoms with Crippen LogP contribution in [0.3, 0.4) is 0 Å². The van der Waals surface area contributed by atoms with Crippen molar-refractivity contribution in [3.8, 4) is 5.75 Å². The summed E-state index contributed by atoms with van der Waals surface area (Å²) in [5.41, 5.74) is 7.69. The van der Waals surface area contributed by atoms with Crippen LogP contribution in [0.2, 0.25) is 5.02 Å². The van der Waals surface area contributed by atoms with Crippen molar-refractivity contribution >= 4 is 11.6 Å². The molecule has 0 heterocycles. The number of rotatable bonds is 5. The molecule has 16 heavy (non-hydrogen) atoms. The molecule has 0 atom stereocenters. The molecule has 0 aliphatic heterocycles. The van der Waals surface area contributed by atoms with Gasteiger partial charge in [-0.15, -0.1) is 0 Å². The van der Waals surface area contributed by atoms with Crippen molar-refractivity contribution in [3.63, 3.8) is 0 Å². The molecule has 0 unspecified atom stereocenters. The molecule has 0 saturated carbocycles. The van der Waals surface area contributed by atoms with E-state index in [1.54, 1.807) is 7.11 Å². The van der Waals surface area contributed by atoms with Crippen molar-refractivity contribution in [1.82, 2.24) is 4.90 Å². The summed E-state index contributed by atoms with van der Waals surface area (Å²) in [4.78, 5) is 2.05. The van der Waals surface area contributed by atoms with Crippen molar-refractivity contribution < 1.29 is 4.74 Å². The molecule has 0 aliphatic rings. The molecular weight excluding hydrogens is 224 g/mol. The van der Waals surface area contributed by atoms with Crippen molar-refractivity contribution in [2.24, 2.45) is 5.73 Å². The summed E-state index contributed by atoms with van der Waals surface area (Å²) in [6.45, 7) is 3.43. The molecule has 1 aromatic rings. The first-order valence-corrected chi connectivity index (χ1v) is 5.68. The molecule has 0 aliphatic carbocycles. The summed E-state index contributed by atoms with van der Waals surface area (Å²) in [5, 5.41) is 0.784. The van der Waals surface area contributed by atoms with Gasteiger partial charge in [0.2, 0.25) is 0 Å². The zero-order valence-electron chi connectivity index (χ0n) is 10.1. The van der Waals surface area contributed by atoms with Gasteiger partial charge in [-0.25, -0.2) is 0 Å². The smallest absolute Gasteiger partial charge is 0.122 e. The van der Waals surface area contributed by atoms with Gasteiger partial charge in [-0.2, -0.15) is 0 Å². The normalized spacial score (nSPS) is 10.9. The number of hydrogen-bond acceptors (Lipinski definition) is 3. The molecule has 4 heteroatoms. The minimum absolute atomic E-state index is 0.557. The van der Waals surface area contributed by atoms with Crippen LogP contribution in [-0.4, -0.2) is 32.3 Å². The third-order valence-corrected chi connectivity index (χ3v) is 3.04. The molecule has 1 aromatic carbocycles. The fourth-order valence-corrected chi connectivity index (χ4v) is 1.67. The Balaban J connectivity index is 2.81. The monoisotopic (exact) mass is 242 g/mol. The predicted molar refractivity (Wildman–Crippen MR) is 68.1 cm³/mol. The maximum Gasteiger partial charge on any atom is 0.122 e. The molecule has 0 saturated heterocycles. The Kier molecular flexibility index (Phi) is 5.06. The molecule has 0 aromatic heterocycles. The number of methoxy groups -OCH3 is 1. The van der Waals surface area contributed by atoms with Crippen LogP contribution < -0.4 is 10.5 Å². The van der Waals surface area contributed by atoms with E-state index in [1.165, 1.54) is 0 Å². The van der Waals surface area contributed by atoms with E-state index in [0.29, 0.717) is 6.67 Å². The minimum Gasteiger partial charge on any atom is -0.496 e. The largest absolute Gasteiger partial charge is 0.496 e. The zero-order valence-corrected chi connectivity index (χ0v) is 10.8. The topological polar surface area (TPSA) is 38.5 Å². The highest BCUT2D eigenvalue weighted by Crippen LogP contribution is 2.26. The van der Waals surface area contributed by atoms with Gasteiger partial charge in [0.15, 0.2) is 0 Å². The molecule has 1 rings (SSSR count). The van der Waals surface area contributed by atoms with Gasteiger partial charge in [-0.3, -0.25) is 4.90 Å². The fraction of sp³-hybridized carbons (Fsp3) is 0.500. The average molecular weight is 243 g/mol. The van der Waals surface area contributed by atoms with Crippen molar-refractivity contribution in [2.75, 3.05) is 27.4 Å². The highest BCUT2D eigenvalue weighted by atomic mass is 35.5. The number of nitrogens with zero attached hydrogens (tertiary/aromatic N) is 1. The summed E-state index contributed by atoms with van der Waals surface area (Å²) in [5.74, 6) is 0.896. The van der Waals surface area contributed by atoms with Crippen LogP contribution in [0, 0.1) is 6.92 Å².